The summed E-state index contributed by atoms with van der Waals surface area (Å²) in [6.07, 6.45) is 0.904. The molecule has 0 saturated carbocycles. The van der Waals surface area contributed by atoms with Crippen LogP contribution in [-0.4, -0.2) is 38.1 Å². The van der Waals surface area contributed by atoms with E-state index in [9.17, 15) is 9.36 Å². The summed E-state index contributed by atoms with van der Waals surface area (Å²) in [4.78, 5) is 11.6. The Morgan fingerprint density at radius 3 is 2.16 bits per heavy atom. The molecule has 0 aromatic carbocycles. The van der Waals surface area contributed by atoms with Gasteiger partial charge in [0.1, 0.15) is 0 Å². The van der Waals surface area contributed by atoms with Gasteiger partial charge in [0.2, 0.25) is 0 Å². The van der Waals surface area contributed by atoms with Gasteiger partial charge in [-0.15, -0.1) is 0 Å². The topological polar surface area (TPSA) is 52.6 Å². The first-order chi connectivity index (χ1) is 8.82. The molecule has 0 heterocycles. The number of ether oxygens (including phenoxy) is 2. The zero-order valence-corrected chi connectivity index (χ0v) is 13.7. The number of hydrogen-bond acceptors (Lipinski definition) is 4. The van der Waals surface area contributed by atoms with Crippen molar-refractivity contribution in [2.45, 2.75) is 34.6 Å². The minimum absolute atomic E-state index is 0.250. The van der Waals surface area contributed by atoms with E-state index in [4.69, 9.17) is 9.47 Å². The first-order valence-corrected chi connectivity index (χ1v) is 8.62. The lowest BCUT2D eigenvalue weighted by atomic mass is 10.2. The predicted molar refractivity (Wildman–Crippen MR) is 78.0 cm³/mol. The van der Waals surface area contributed by atoms with Crippen LogP contribution in [0.1, 0.15) is 34.6 Å². The monoisotopic (exact) mass is 291 g/mol. The van der Waals surface area contributed by atoms with Crippen LogP contribution in [0.5, 0.6) is 0 Å². The third kappa shape index (κ3) is 11.1. The van der Waals surface area contributed by atoms with E-state index in [2.05, 4.69) is 13.8 Å². The van der Waals surface area contributed by atoms with Crippen molar-refractivity contribution in [1.82, 2.24) is 0 Å². The summed E-state index contributed by atoms with van der Waals surface area (Å²) >= 11 is 0. The van der Waals surface area contributed by atoms with Gasteiger partial charge in [-0.3, -0.25) is 4.79 Å². The van der Waals surface area contributed by atoms with Crippen LogP contribution in [0.3, 0.4) is 0 Å². The van der Waals surface area contributed by atoms with Gasteiger partial charge in [-0.25, -0.2) is 0 Å². The van der Waals surface area contributed by atoms with E-state index in [0.29, 0.717) is 44.0 Å². The first-order valence-electron chi connectivity index (χ1n) is 6.99. The quantitative estimate of drug-likeness (QED) is 0.352. The zero-order valence-electron chi connectivity index (χ0n) is 12.8. The summed E-state index contributed by atoms with van der Waals surface area (Å²) in [5.74, 6) is 0.268. The van der Waals surface area contributed by atoms with E-state index in [1.54, 1.807) is 6.92 Å². The molecule has 2 atom stereocenters. The first kappa shape index (κ1) is 18.5. The molecule has 0 aliphatic carbocycles. The number of rotatable bonds is 10. The molecule has 0 amide bonds. The normalized spacial score (nSPS) is 13.7. The summed E-state index contributed by atoms with van der Waals surface area (Å²) in [7, 11) is -1.39. The van der Waals surface area contributed by atoms with E-state index in [1.165, 1.54) is 0 Å². The Labute approximate surface area is 118 Å². The molecule has 0 aromatic heterocycles. The molecule has 2 unspecified atom stereocenters. The molecule has 0 spiro atoms. The Bertz CT molecular complexity index is 277. The molecule has 0 radical (unpaired) electrons. The molecule has 0 aliphatic heterocycles. The van der Waals surface area contributed by atoms with Crippen molar-refractivity contribution in [3.05, 3.63) is 0 Å². The molecule has 0 aliphatic rings. The van der Waals surface area contributed by atoms with Gasteiger partial charge in [0, 0.05) is 6.61 Å². The maximum absolute atomic E-state index is 11.8. The summed E-state index contributed by atoms with van der Waals surface area (Å²) in [6, 6.07) is 0. The van der Waals surface area contributed by atoms with E-state index < -0.39 is 7.80 Å². The second-order valence-electron chi connectivity index (χ2n) is 5.78. The van der Waals surface area contributed by atoms with Crippen molar-refractivity contribution < 1.29 is 18.8 Å². The molecule has 0 N–H and O–H groups in total. The molecule has 0 fully saturated rings. The van der Waals surface area contributed by atoms with Gasteiger partial charge >= 0.3 is 13.8 Å². The van der Waals surface area contributed by atoms with Crippen LogP contribution < -0.4 is 0 Å². The molecule has 0 bridgehead atoms. The lowest BCUT2D eigenvalue weighted by Crippen LogP contribution is -2.19. The largest absolute Gasteiger partial charge is 0.465 e. The van der Waals surface area contributed by atoms with Crippen LogP contribution in [0.25, 0.3) is 0 Å². The Balaban J connectivity index is 3.76. The molecule has 112 valence electrons. The number of esters is 1. The van der Waals surface area contributed by atoms with Crippen molar-refractivity contribution >= 4 is 13.8 Å². The Kier molecular flexibility index (Phi) is 10.1. The fourth-order valence-electron chi connectivity index (χ4n) is 1.35. The minimum Gasteiger partial charge on any atom is -0.465 e. The predicted octanol–water partition coefficient (Wildman–Crippen LogP) is 3.32. The highest BCUT2D eigenvalue weighted by atomic mass is 31.1. The van der Waals surface area contributed by atoms with Gasteiger partial charge in [-0.05, 0) is 18.8 Å². The highest BCUT2D eigenvalue weighted by molar-refractivity contribution is 7.44. The zero-order chi connectivity index (χ0) is 14.8. The molecular formula is C14H28O4P+. The van der Waals surface area contributed by atoms with Crippen LogP contribution in [0.15, 0.2) is 0 Å². The van der Waals surface area contributed by atoms with Crippen molar-refractivity contribution in [3.63, 3.8) is 0 Å². The van der Waals surface area contributed by atoms with Crippen LogP contribution in [0.2, 0.25) is 0 Å². The van der Waals surface area contributed by atoms with Crippen LogP contribution in [-0.2, 0) is 18.8 Å². The van der Waals surface area contributed by atoms with Crippen molar-refractivity contribution in [1.29, 1.82) is 0 Å². The van der Waals surface area contributed by atoms with Crippen LogP contribution in [0, 0.1) is 17.8 Å². The van der Waals surface area contributed by atoms with Gasteiger partial charge in [0.05, 0.1) is 19.1 Å². The molecule has 19 heavy (non-hydrogen) atoms. The maximum atomic E-state index is 11.8. The number of hydrogen-bond donors (Lipinski definition) is 0. The van der Waals surface area contributed by atoms with E-state index in [1.807, 2.05) is 13.8 Å². The second kappa shape index (κ2) is 10.3. The average Bonchev–Trinajstić information content (AvgIpc) is 2.31. The Hall–Kier alpha value is -0.470. The lowest BCUT2D eigenvalue weighted by molar-refractivity contribution is -0.148. The molecular weight excluding hydrogens is 263 g/mol. The summed E-state index contributed by atoms with van der Waals surface area (Å²) in [5, 5.41) is 0. The average molecular weight is 291 g/mol. The van der Waals surface area contributed by atoms with Gasteiger partial charge in [0.15, 0.2) is 12.3 Å². The Morgan fingerprint density at radius 1 is 1.05 bits per heavy atom. The van der Waals surface area contributed by atoms with E-state index in [0.717, 1.165) is 0 Å². The molecule has 0 aromatic rings. The smallest absolute Gasteiger partial charge is 0.342 e. The van der Waals surface area contributed by atoms with E-state index >= 15 is 0 Å². The molecule has 5 heteroatoms. The van der Waals surface area contributed by atoms with Gasteiger partial charge in [0.25, 0.3) is 0 Å². The van der Waals surface area contributed by atoms with E-state index in [-0.39, 0.29) is 11.9 Å². The Morgan fingerprint density at radius 2 is 1.63 bits per heavy atom. The standard InChI is InChI=1S/C14H28O4P/c1-11(2)8-17-6-7-19(16)10-13(5)14(15)18-9-12(3)4/h11-13H,6-10H2,1-5H3/q+1. The SMILES string of the molecule is CC(C)COCC[P+](=O)CC(C)C(=O)OCC(C)C. The third-order valence-corrected chi connectivity index (χ3v) is 4.01. The number of carbonyl (C=O) groups is 1. The summed E-state index contributed by atoms with van der Waals surface area (Å²) < 4.78 is 22.3. The van der Waals surface area contributed by atoms with Gasteiger partial charge in [-0.2, -0.15) is 0 Å². The molecule has 0 rings (SSSR count). The van der Waals surface area contributed by atoms with Crippen molar-refractivity contribution in [3.8, 4) is 0 Å². The molecule has 0 saturated heterocycles. The lowest BCUT2D eigenvalue weighted by Gasteiger charge is -2.09. The van der Waals surface area contributed by atoms with Gasteiger partial charge < -0.3 is 9.47 Å². The number of carbonyl (C=O) groups excluding carboxylic acids is 1. The molecule has 4 nitrogen and oxygen atoms in total. The summed E-state index contributed by atoms with van der Waals surface area (Å²) in [5.41, 5.74) is 0. The highest BCUT2D eigenvalue weighted by Crippen LogP contribution is 2.24. The maximum Gasteiger partial charge on any atom is 0.342 e. The van der Waals surface area contributed by atoms with Crippen LogP contribution in [0.4, 0.5) is 0 Å². The van der Waals surface area contributed by atoms with Gasteiger partial charge in [-0.1, -0.05) is 32.3 Å². The van der Waals surface area contributed by atoms with Crippen LogP contribution >= 0.6 is 7.80 Å². The third-order valence-electron chi connectivity index (χ3n) is 2.38. The summed E-state index contributed by atoms with van der Waals surface area (Å²) in [6.45, 7) is 11.5. The fourth-order valence-corrected chi connectivity index (χ4v) is 2.62. The fraction of sp³-hybridized carbons (Fsp3) is 0.929. The van der Waals surface area contributed by atoms with Crippen molar-refractivity contribution in [2.24, 2.45) is 17.8 Å². The minimum atomic E-state index is -1.39. The second-order valence-corrected chi connectivity index (χ2v) is 7.56. The van der Waals surface area contributed by atoms with Crippen molar-refractivity contribution in [2.75, 3.05) is 32.1 Å². The highest BCUT2D eigenvalue weighted by Gasteiger charge is 2.26.